The fourth-order valence-corrected chi connectivity index (χ4v) is 4.37. The van der Waals surface area contributed by atoms with Crippen LogP contribution in [0.3, 0.4) is 0 Å². The molecule has 0 atom stereocenters. The van der Waals surface area contributed by atoms with Gasteiger partial charge in [0.05, 0.1) is 11.0 Å². The molecule has 0 spiro atoms. The van der Waals surface area contributed by atoms with Gasteiger partial charge >= 0.3 is 5.97 Å². The SMILES string of the molecule is CCCN(CC(=O)O)C(=O)CCS(=O)(=O)C1CCCC1. The van der Waals surface area contributed by atoms with Crippen molar-refractivity contribution in [1.29, 1.82) is 0 Å². The Hall–Kier alpha value is -1.11. The molecule has 0 aromatic rings. The second kappa shape index (κ2) is 7.61. The Morgan fingerprint density at radius 2 is 1.85 bits per heavy atom. The minimum atomic E-state index is -3.23. The number of carboxylic acids is 1. The van der Waals surface area contributed by atoms with E-state index in [1.54, 1.807) is 0 Å². The van der Waals surface area contributed by atoms with Crippen molar-refractivity contribution in [2.75, 3.05) is 18.8 Å². The number of sulfone groups is 1. The van der Waals surface area contributed by atoms with Gasteiger partial charge in [-0.1, -0.05) is 19.8 Å². The average Bonchev–Trinajstić information content (AvgIpc) is 2.89. The monoisotopic (exact) mass is 305 g/mol. The van der Waals surface area contributed by atoms with E-state index in [0.717, 1.165) is 12.8 Å². The molecular weight excluding hydrogens is 282 g/mol. The fourth-order valence-electron chi connectivity index (χ4n) is 2.53. The van der Waals surface area contributed by atoms with Gasteiger partial charge in [-0.2, -0.15) is 0 Å². The van der Waals surface area contributed by atoms with Crippen LogP contribution in [-0.2, 0) is 19.4 Å². The highest BCUT2D eigenvalue weighted by atomic mass is 32.2. The summed E-state index contributed by atoms with van der Waals surface area (Å²) in [5.74, 6) is -1.64. The molecule has 1 rings (SSSR count). The molecule has 0 radical (unpaired) electrons. The van der Waals surface area contributed by atoms with Crippen molar-refractivity contribution in [3.05, 3.63) is 0 Å². The van der Waals surface area contributed by atoms with Crippen LogP contribution in [0.1, 0.15) is 45.4 Å². The zero-order valence-corrected chi connectivity index (χ0v) is 12.7. The second-order valence-electron chi connectivity index (χ2n) is 5.23. The molecule has 0 aliphatic heterocycles. The lowest BCUT2D eigenvalue weighted by molar-refractivity contribution is -0.144. The molecule has 1 aliphatic carbocycles. The number of nitrogens with zero attached hydrogens (tertiary/aromatic N) is 1. The molecule has 1 aliphatic rings. The minimum absolute atomic E-state index is 0.119. The predicted molar refractivity (Wildman–Crippen MR) is 75.2 cm³/mol. The Morgan fingerprint density at radius 1 is 1.25 bits per heavy atom. The van der Waals surface area contributed by atoms with E-state index in [1.165, 1.54) is 4.90 Å². The summed E-state index contributed by atoms with van der Waals surface area (Å²) < 4.78 is 24.1. The molecular formula is C13H23NO5S. The maximum absolute atomic E-state index is 12.1. The molecule has 1 N–H and O–H groups in total. The van der Waals surface area contributed by atoms with Crippen molar-refractivity contribution in [2.45, 2.75) is 50.7 Å². The summed E-state index contributed by atoms with van der Waals surface area (Å²) in [5, 5.41) is 8.44. The van der Waals surface area contributed by atoms with E-state index in [1.807, 2.05) is 6.92 Å². The average molecular weight is 305 g/mol. The largest absolute Gasteiger partial charge is 0.480 e. The van der Waals surface area contributed by atoms with Crippen LogP contribution in [0.5, 0.6) is 0 Å². The normalized spacial score (nSPS) is 16.2. The third-order valence-electron chi connectivity index (χ3n) is 3.58. The molecule has 6 nitrogen and oxygen atoms in total. The number of carboxylic acid groups (broad SMARTS) is 1. The van der Waals surface area contributed by atoms with Crippen LogP contribution in [-0.4, -0.2) is 54.4 Å². The molecule has 20 heavy (non-hydrogen) atoms. The Morgan fingerprint density at radius 3 is 2.35 bits per heavy atom. The van der Waals surface area contributed by atoms with Crippen LogP contribution in [0.25, 0.3) is 0 Å². The van der Waals surface area contributed by atoms with Crippen LogP contribution in [0.4, 0.5) is 0 Å². The molecule has 1 amide bonds. The number of carbonyl (C=O) groups is 2. The molecule has 0 bridgehead atoms. The van der Waals surface area contributed by atoms with E-state index in [0.29, 0.717) is 25.8 Å². The summed E-state index contributed by atoms with van der Waals surface area (Å²) >= 11 is 0. The summed E-state index contributed by atoms with van der Waals surface area (Å²) in [6.45, 7) is 1.82. The van der Waals surface area contributed by atoms with E-state index in [2.05, 4.69) is 0 Å². The number of amides is 1. The Kier molecular flexibility index (Phi) is 6.45. The highest BCUT2D eigenvalue weighted by molar-refractivity contribution is 7.92. The number of hydrogen-bond acceptors (Lipinski definition) is 4. The van der Waals surface area contributed by atoms with Gasteiger partial charge in [-0.05, 0) is 19.3 Å². The van der Waals surface area contributed by atoms with Gasteiger partial charge in [-0.3, -0.25) is 9.59 Å². The Labute approximate surface area is 120 Å². The van der Waals surface area contributed by atoms with Crippen molar-refractivity contribution >= 4 is 21.7 Å². The van der Waals surface area contributed by atoms with Gasteiger partial charge in [0.1, 0.15) is 6.54 Å². The third-order valence-corrected chi connectivity index (χ3v) is 5.84. The molecule has 1 fully saturated rings. The zero-order chi connectivity index (χ0) is 15.2. The zero-order valence-electron chi connectivity index (χ0n) is 11.9. The lowest BCUT2D eigenvalue weighted by atomic mass is 10.3. The first-order chi connectivity index (χ1) is 9.36. The fraction of sp³-hybridized carbons (Fsp3) is 0.846. The summed E-state index contributed by atoms with van der Waals surface area (Å²) in [4.78, 5) is 23.8. The van der Waals surface area contributed by atoms with E-state index in [4.69, 9.17) is 5.11 Å². The molecule has 7 heteroatoms. The maximum atomic E-state index is 12.1. The van der Waals surface area contributed by atoms with E-state index in [9.17, 15) is 18.0 Å². The Balaban J connectivity index is 2.53. The standard InChI is InChI=1S/C13H23NO5S/c1-2-8-14(10-13(16)17)12(15)7-9-20(18,19)11-5-3-4-6-11/h11H,2-10H2,1H3,(H,16,17). The lowest BCUT2D eigenvalue weighted by Gasteiger charge is -2.20. The van der Waals surface area contributed by atoms with Crippen LogP contribution < -0.4 is 0 Å². The van der Waals surface area contributed by atoms with Crippen molar-refractivity contribution in [3.63, 3.8) is 0 Å². The van der Waals surface area contributed by atoms with Crippen LogP contribution >= 0.6 is 0 Å². The highest BCUT2D eigenvalue weighted by Crippen LogP contribution is 2.25. The lowest BCUT2D eigenvalue weighted by Crippen LogP contribution is -2.37. The molecule has 0 aromatic heterocycles. The molecule has 0 unspecified atom stereocenters. The van der Waals surface area contributed by atoms with Crippen LogP contribution in [0, 0.1) is 0 Å². The number of hydrogen-bond donors (Lipinski definition) is 1. The van der Waals surface area contributed by atoms with Gasteiger partial charge in [0, 0.05) is 13.0 Å². The van der Waals surface area contributed by atoms with Crippen LogP contribution in [0.15, 0.2) is 0 Å². The van der Waals surface area contributed by atoms with Gasteiger partial charge in [0.15, 0.2) is 9.84 Å². The number of carbonyl (C=O) groups excluding carboxylic acids is 1. The first-order valence-corrected chi connectivity index (χ1v) is 8.79. The van der Waals surface area contributed by atoms with Gasteiger partial charge in [-0.25, -0.2) is 8.42 Å². The van der Waals surface area contributed by atoms with Gasteiger partial charge < -0.3 is 10.0 Å². The third kappa shape index (κ3) is 5.11. The van der Waals surface area contributed by atoms with Crippen molar-refractivity contribution in [3.8, 4) is 0 Å². The number of aliphatic carboxylic acids is 1. The predicted octanol–water partition coefficient (Wildman–Crippen LogP) is 1.06. The second-order valence-corrected chi connectivity index (χ2v) is 7.63. The van der Waals surface area contributed by atoms with Gasteiger partial charge in [0.25, 0.3) is 0 Å². The highest BCUT2D eigenvalue weighted by Gasteiger charge is 2.29. The summed E-state index contributed by atoms with van der Waals surface area (Å²) in [6, 6.07) is 0. The van der Waals surface area contributed by atoms with Gasteiger partial charge in [0.2, 0.25) is 5.91 Å². The smallest absolute Gasteiger partial charge is 0.323 e. The van der Waals surface area contributed by atoms with Crippen LogP contribution in [0.2, 0.25) is 0 Å². The quantitative estimate of drug-likeness (QED) is 0.724. The summed E-state index contributed by atoms with van der Waals surface area (Å²) in [5.41, 5.74) is 0. The Bertz CT molecular complexity index is 440. The first-order valence-electron chi connectivity index (χ1n) is 7.08. The van der Waals surface area contributed by atoms with Gasteiger partial charge in [-0.15, -0.1) is 0 Å². The summed E-state index contributed by atoms with van der Waals surface area (Å²) in [7, 11) is -3.23. The maximum Gasteiger partial charge on any atom is 0.323 e. The molecule has 0 aromatic carbocycles. The van der Waals surface area contributed by atoms with E-state index < -0.39 is 21.7 Å². The van der Waals surface area contributed by atoms with E-state index in [-0.39, 0.29) is 24.0 Å². The molecule has 0 saturated heterocycles. The number of rotatable bonds is 8. The topological polar surface area (TPSA) is 91.8 Å². The van der Waals surface area contributed by atoms with Crippen molar-refractivity contribution in [1.82, 2.24) is 4.90 Å². The molecule has 1 saturated carbocycles. The first kappa shape index (κ1) is 16.9. The van der Waals surface area contributed by atoms with Crippen molar-refractivity contribution < 1.29 is 23.1 Å². The minimum Gasteiger partial charge on any atom is -0.480 e. The molecule has 116 valence electrons. The van der Waals surface area contributed by atoms with E-state index >= 15 is 0 Å². The summed E-state index contributed by atoms with van der Waals surface area (Å²) in [6.07, 6.45) is 3.76. The van der Waals surface area contributed by atoms with Crippen molar-refractivity contribution in [2.24, 2.45) is 0 Å². The molecule has 0 heterocycles.